The van der Waals surface area contributed by atoms with Crippen LogP contribution in [0, 0.1) is 11.8 Å². The van der Waals surface area contributed by atoms with Crippen molar-refractivity contribution in [1.29, 1.82) is 0 Å². The van der Waals surface area contributed by atoms with Gasteiger partial charge >= 0.3 is 11.9 Å². The maximum absolute atomic E-state index is 12.2. The Morgan fingerprint density at radius 2 is 1.58 bits per heavy atom. The number of esters is 2. The number of carbonyl (C=O) groups is 3. The molecule has 0 aromatic heterocycles. The lowest BCUT2D eigenvalue weighted by Crippen LogP contribution is -2.53. The van der Waals surface area contributed by atoms with Gasteiger partial charge in [0.05, 0.1) is 25.9 Å². The third-order valence-corrected chi connectivity index (χ3v) is 3.49. The summed E-state index contributed by atoms with van der Waals surface area (Å²) >= 11 is 0. The van der Waals surface area contributed by atoms with Crippen LogP contribution in [0.25, 0.3) is 0 Å². The van der Waals surface area contributed by atoms with Gasteiger partial charge in [0.1, 0.15) is 0 Å². The standard InChI is InChI=1S/C18H34N2O6/c1-11(2)9-25-13(5)16(18(23)24-6)20-17(22)14(19)7-8-15(21)26-10-12(3)4/h11-14,16H,7-10,19H2,1-6H3,(H,20,22)/t13?,14-,16-/m0/s1. The molecule has 1 unspecified atom stereocenters. The second-order valence-electron chi connectivity index (χ2n) is 7.16. The first-order valence-electron chi connectivity index (χ1n) is 8.99. The summed E-state index contributed by atoms with van der Waals surface area (Å²) in [6.07, 6.45) is -0.418. The molecule has 0 aromatic rings. The van der Waals surface area contributed by atoms with E-state index in [1.165, 1.54) is 7.11 Å². The Bertz CT molecular complexity index is 453. The van der Waals surface area contributed by atoms with E-state index in [-0.39, 0.29) is 24.7 Å². The summed E-state index contributed by atoms with van der Waals surface area (Å²) in [6.45, 7) is 10.3. The number of amides is 1. The highest BCUT2D eigenvalue weighted by Crippen LogP contribution is 2.06. The fourth-order valence-corrected chi connectivity index (χ4v) is 1.93. The van der Waals surface area contributed by atoms with Gasteiger partial charge in [0.15, 0.2) is 6.04 Å². The highest BCUT2D eigenvalue weighted by Gasteiger charge is 2.30. The molecule has 0 aromatic carbocycles. The average molecular weight is 374 g/mol. The van der Waals surface area contributed by atoms with Crippen molar-refractivity contribution >= 4 is 17.8 Å². The predicted molar refractivity (Wildman–Crippen MR) is 97.2 cm³/mol. The zero-order valence-electron chi connectivity index (χ0n) is 16.7. The van der Waals surface area contributed by atoms with Crippen molar-refractivity contribution in [2.24, 2.45) is 17.6 Å². The minimum atomic E-state index is -0.967. The summed E-state index contributed by atoms with van der Waals surface area (Å²) < 4.78 is 15.4. The molecule has 0 saturated carbocycles. The lowest BCUT2D eigenvalue weighted by Gasteiger charge is -2.25. The number of methoxy groups -OCH3 is 1. The normalized spacial score (nSPS) is 14.7. The Labute approximate surface area is 156 Å². The number of ether oxygens (including phenoxy) is 3. The molecule has 0 radical (unpaired) electrons. The van der Waals surface area contributed by atoms with Crippen molar-refractivity contribution < 1.29 is 28.6 Å². The minimum Gasteiger partial charge on any atom is -0.467 e. The van der Waals surface area contributed by atoms with E-state index < -0.39 is 36.0 Å². The Balaban J connectivity index is 4.57. The summed E-state index contributed by atoms with van der Waals surface area (Å²) in [7, 11) is 1.24. The molecule has 0 spiro atoms. The van der Waals surface area contributed by atoms with Crippen LogP contribution in [0.1, 0.15) is 47.5 Å². The zero-order valence-corrected chi connectivity index (χ0v) is 16.7. The Hall–Kier alpha value is -1.67. The summed E-state index contributed by atoms with van der Waals surface area (Å²) in [5, 5.41) is 2.55. The van der Waals surface area contributed by atoms with E-state index in [4.69, 9.17) is 19.9 Å². The third kappa shape index (κ3) is 10.4. The lowest BCUT2D eigenvalue weighted by molar-refractivity contribution is -0.150. The third-order valence-electron chi connectivity index (χ3n) is 3.49. The van der Waals surface area contributed by atoms with Crippen molar-refractivity contribution in [1.82, 2.24) is 5.32 Å². The monoisotopic (exact) mass is 374 g/mol. The van der Waals surface area contributed by atoms with Gasteiger partial charge in [0, 0.05) is 13.0 Å². The number of carbonyl (C=O) groups excluding carboxylic acids is 3. The van der Waals surface area contributed by atoms with Gasteiger partial charge in [-0.3, -0.25) is 9.59 Å². The van der Waals surface area contributed by atoms with Gasteiger partial charge in [-0.15, -0.1) is 0 Å². The molecule has 3 N–H and O–H groups in total. The number of nitrogens with one attached hydrogen (secondary N) is 1. The molecule has 8 nitrogen and oxygen atoms in total. The highest BCUT2D eigenvalue weighted by molar-refractivity contribution is 5.88. The van der Waals surface area contributed by atoms with Crippen molar-refractivity contribution in [3.8, 4) is 0 Å². The molecule has 0 saturated heterocycles. The fraction of sp³-hybridized carbons (Fsp3) is 0.833. The molecule has 3 atom stereocenters. The maximum Gasteiger partial charge on any atom is 0.331 e. The number of hydrogen-bond acceptors (Lipinski definition) is 7. The van der Waals surface area contributed by atoms with Crippen LogP contribution in [0.2, 0.25) is 0 Å². The van der Waals surface area contributed by atoms with Crippen LogP contribution in [0.3, 0.4) is 0 Å². The molecule has 8 heteroatoms. The maximum atomic E-state index is 12.2. The molecular formula is C18H34N2O6. The smallest absolute Gasteiger partial charge is 0.331 e. The largest absolute Gasteiger partial charge is 0.467 e. The first-order valence-corrected chi connectivity index (χ1v) is 8.99. The van der Waals surface area contributed by atoms with Crippen LogP contribution in [0.5, 0.6) is 0 Å². The second kappa shape index (κ2) is 12.6. The van der Waals surface area contributed by atoms with Crippen LogP contribution < -0.4 is 11.1 Å². The molecule has 0 aliphatic carbocycles. The highest BCUT2D eigenvalue weighted by atomic mass is 16.5. The molecule has 152 valence electrons. The second-order valence-corrected chi connectivity index (χ2v) is 7.16. The van der Waals surface area contributed by atoms with Gasteiger partial charge in [-0.25, -0.2) is 4.79 Å². The Morgan fingerprint density at radius 1 is 1.00 bits per heavy atom. The summed E-state index contributed by atoms with van der Waals surface area (Å²) in [5.74, 6) is -1.04. The van der Waals surface area contributed by atoms with E-state index in [0.29, 0.717) is 13.2 Å². The van der Waals surface area contributed by atoms with E-state index in [0.717, 1.165) is 0 Å². The van der Waals surface area contributed by atoms with E-state index >= 15 is 0 Å². The van der Waals surface area contributed by atoms with Crippen molar-refractivity contribution in [3.05, 3.63) is 0 Å². The molecule has 0 aliphatic heterocycles. The Morgan fingerprint density at radius 3 is 2.08 bits per heavy atom. The summed E-state index contributed by atoms with van der Waals surface area (Å²) in [4.78, 5) is 35.8. The number of rotatable bonds is 12. The van der Waals surface area contributed by atoms with Crippen LogP contribution in [-0.4, -0.2) is 56.4 Å². The minimum absolute atomic E-state index is 0.0313. The molecule has 0 heterocycles. The molecule has 0 fully saturated rings. The molecule has 26 heavy (non-hydrogen) atoms. The van der Waals surface area contributed by atoms with Crippen LogP contribution >= 0.6 is 0 Å². The van der Waals surface area contributed by atoms with Gasteiger partial charge < -0.3 is 25.3 Å². The Kier molecular flexibility index (Phi) is 11.8. The first kappa shape index (κ1) is 24.3. The van der Waals surface area contributed by atoms with Gasteiger partial charge in [-0.05, 0) is 25.2 Å². The number of hydrogen-bond donors (Lipinski definition) is 2. The van der Waals surface area contributed by atoms with E-state index in [2.05, 4.69) is 5.32 Å². The van der Waals surface area contributed by atoms with E-state index in [1.54, 1.807) is 6.92 Å². The topological polar surface area (TPSA) is 117 Å². The molecule has 0 bridgehead atoms. The van der Waals surface area contributed by atoms with Gasteiger partial charge in [0.25, 0.3) is 0 Å². The van der Waals surface area contributed by atoms with Crippen LogP contribution in [-0.2, 0) is 28.6 Å². The summed E-state index contributed by atoms with van der Waals surface area (Å²) in [6, 6.07) is -1.91. The summed E-state index contributed by atoms with van der Waals surface area (Å²) in [5.41, 5.74) is 5.82. The molecule has 0 rings (SSSR count). The fourth-order valence-electron chi connectivity index (χ4n) is 1.93. The van der Waals surface area contributed by atoms with Gasteiger partial charge in [0.2, 0.25) is 5.91 Å². The van der Waals surface area contributed by atoms with E-state index in [9.17, 15) is 14.4 Å². The SMILES string of the molecule is COC(=O)[C@@H](NC(=O)[C@@H](N)CCC(=O)OCC(C)C)C(C)OCC(C)C. The first-order chi connectivity index (χ1) is 12.1. The van der Waals surface area contributed by atoms with E-state index in [1.807, 2.05) is 27.7 Å². The van der Waals surface area contributed by atoms with Crippen LogP contribution in [0.15, 0.2) is 0 Å². The van der Waals surface area contributed by atoms with Gasteiger partial charge in [-0.2, -0.15) is 0 Å². The van der Waals surface area contributed by atoms with Crippen molar-refractivity contribution in [3.63, 3.8) is 0 Å². The van der Waals surface area contributed by atoms with Crippen molar-refractivity contribution in [2.75, 3.05) is 20.3 Å². The lowest BCUT2D eigenvalue weighted by atomic mass is 10.1. The zero-order chi connectivity index (χ0) is 20.3. The predicted octanol–water partition coefficient (Wildman–Crippen LogP) is 1.01. The quantitative estimate of drug-likeness (QED) is 0.490. The van der Waals surface area contributed by atoms with Gasteiger partial charge in [-0.1, -0.05) is 27.7 Å². The van der Waals surface area contributed by atoms with Crippen LogP contribution in [0.4, 0.5) is 0 Å². The van der Waals surface area contributed by atoms with Crippen molar-refractivity contribution in [2.45, 2.75) is 65.6 Å². The molecule has 1 amide bonds. The molecular weight excluding hydrogens is 340 g/mol. The number of nitrogens with two attached hydrogens (primary N) is 1. The molecule has 0 aliphatic rings. The average Bonchev–Trinajstić information content (AvgIpc) is 2.59.